The normalized spacial score (nSPS) is 17.2. The van der Waals surface area contributed by atoms with Crippen LogP contribution in [0.5, 0.6) is 0 Å². The van der Waals surface area contributed by atoms with Crippen molar-refractivity contribution < 1.29 is 9.59 Å². The van der Waals surface area contributed by atoms with E-state index in [2.05, 4.69) is 20.8 Å². The molecule has 0 spiro atoms. The number of urea groups is 1. The van der Waals surface area contributed by atoms with Crippen molar-refractivity contribution in [2.75, 3.05) is 18.4 Å². The van der Waals surface area contributed by atoms with Gasteiger partial charge in [-0.3, -0.25) is 9.89 Å². The number of hydrogen-bond donors (Lipinski definition) is 3. The standard InChI is InChI=1S/C18H23N5O2/c1-13-16(12-20-22-13)17(24)23-10-6-5-9-15(23)11-19-18(25)21-14-7-3-2-4-8-14/h2-4,7-8,12,15H,5-6,9-11H2,1H3,(H,20,22)(H2,19,21,25). The Hall–Kier alpha value is -2.83. The lowest BCUT2D eigenvalue weighted by atomic mass is 10.0. The fourth-order valence-corrected chi connectivity index (χ4v) is 3.11. The molecule has 0 radical (unpaired) electrons. The second kappa shape index (κ2) is 7.83. The molecular formula is C18H23N5O2. The first kappa shape index (κ1) is 17.0. The molecule has 1 unspecified atom stereocenters. The third-order valence-corrected chi connectivity index (χ3v) is 4.48. The first-order valence-corrected chi connectivity index (χ1v) is 8.56. The molecule has 0 aliphatic carbocycles. The van der Waals surface area contributed by atoms with Crippen LogP contribution in [0.2, 0.25) is 0 Å². The van der Waals surface area contributed by atoms with Crippen LogP contribution in [-0.2, 0) is 0 Å². The number of carbonyl (C=O) groups excluding carboxylic acids is 2. The molecule has 2 heterocycles. The van der Waals surface area contributed by atoms with E-state index in [0.717, 1.165) is 30.6 Å². The summed E-state index contributed by atoms with van der Waals surface area (Å²) in [6.45, 7) is 2.97. The van der Waals surface area contributed by atoms with E-state index in [9.17, 15) is 9.59 Å². The number of carbonyl (C=O) groups is 2. The summed E-state index contributed by atoms with van der Waals surface area (Å²) in [4.78, 5) is 26.7. The molecule has 7 heteroatoms. The van der Waals surface area contributed by atoms with Crippen LogP contribution in [0, 0.1) is 6.92 Å². The molecule has 1 saturated heterocycles. The van der Waals surface area contributed by atoms with Crippen LogP contribution in [0.25, 0.3) is 0 Å². The van der Waals surface area contributed by atoms with E-state index in [1.54, 1.807) is 6.20 Å². The molecule has 1 atom stereocenters. The Balaban J connectivity index is 1.59. The summed E-state index contributed by atoms with van der Waals surface area (Å²) in [5.41, 5.74) is 2.11. The topological polar surface area (TPSA) is 90.1 Å². The van der Waals surface area contributed by atoms with Gasteiger partial charge in [-0.25, -0.2) is 4.79 Å². The summed E-state index contributed by atoms with van der Waals surface area (Å²) < 4.78 is 0. The quantitative estimate of drug-likeness (QED) is 0.798. The van der Waals surface area contributed by atoms with Crippen molar-refractivity contribution in [2.45, 2.75) is 32.2 Å². The van der Waals surface area contributed by atoms with Crippen molar-refractivity contribution in [1.29, 1.82) is 0 Å². The Morgan fingerprint density at radius 2 is 2.08 bits per heavy atom. The molecular weight excluding hydrogens is 318 g/mol. The maximum absolute atomic E-state index is 12.8. The van der Waals surface area contributed by atoms with Gasteiger partial charge < -0.3 is 15.5 Å². The molecule has 3 N–H and O–H groups in total. The van der Waals surface area contributed by atoms with Crippen LogP contribution in [-0.4, -0.2) is 46.2 Å². The molecule has 25 heavy (non-hydrogen) atoms. The van der Waals surface area contributed by atoms with Crippen LogP contribution in [0.1, 0.15) is 35.3 Å². The Morgan fingerprint density at radius 3 is 2.80 bits per heavy atom. The van der Waals surface area contributed by atoms with Crippen molar-refractivity contribution in [3.63, 3.8) is 0 Å². The van der Waals surface area contributed by atoms with E-state index >= 15 is 0 Å². The van der Waals surface area contributed by atoms with Gasteiger partial charge in [-0.2, -0.15) is 5.10 Å². The number of aromatic amines is 1. The maximum Gasteiger partial charge on any atom is 0.319 e. The van der Waals surface area contributed by atoms with E-state index in [4.69, 9.17) is 0 Å². The minimum atomic E-state index is -0.260. The molecule has 7 nitrogen and oxygen atoms in total. The number of nitrogens with zero attached hydrogens (tertiary/aromatic N) is 2. The largest absolute Gasteiger partial charge is 0.336 e. The van der Waals surface area contributed by atoms with Gasteiger partial charge in [0.1, 0.15) is 0 Å². The summed E-state index contributed by atoms with van der Waals surface area (Å²) >= 11 is 0. The number of nitrogens with one attached hydrogen (secondary N) is 3. The molecule has 1 fully saturated rings. The number of rotatable bonds is 4. The molecule has 3 amide bonds. The highest BCUT2D eigenvalue weighted by Crippen LogP contribution is 2.20. The molecule has 0 bridgehead atoms. The molecule has 1 aliphatic rings. The number of piperidine rings is 1. The van der Waals surface area contributed by atoms with Crippen molar-refractivity contribution in [3.8, 4) is 0 Å². The summed E-state index contributed by atoms with van der Waals surface area (Å²) in [6, 6.07) is 9.03. The number of amides is 3. The molecule has 1 aromatic carbocycles. The number of likely N-dealkylation sites (tertiary alicyclic amines) is 1. The highest BCUT2D eigenvalue weighted by atomic mass is 16.2. The molecule has 132 valence electrons. The predicted octanol–water partition coefficient (Wildman–Crippen LogP) is 2.53. The SMILES string of the molecule is Cc1[nH]ncc1C(=O)N1CCCCC1CNC(=O)Nc1ccccc1. The van der Waals surface area contributed by atoms with E-state index in [1.807, 2.05) is 42.2 Å². The second-order valence-electron chi connectivity index (χ2n) is 6.26. The van der Waals surface area contributed by atoms with Gasteiger partial charge in [0.25, 0.3) is 5.91 Å². The number of H-pyrrole nitrogens is 1. The van der Waals surface area contributed by atoms with Gasteiger partial charge in [-0.15, -0.1) is 0 Å². The van der Waals surface area contributed by atoms with Gasteiger partial charge in [0.05, 0.1) is 11.8 Å². The number of aryl methyl sites for hydroxylation is 1. The molecule has 1 aliphatic heterocycles. The van der Waals surface area contributed by atoms with Crippen LogP contribution < -0.4 is 10.6 Å². The number of hydrogen-bond acceptors (Lipinski definition) is 3. The Labute approximate surface area is 146 Å². The number of para-hydroxylation sites is 1. The van der Waals surface area contributed by atoms with Gasteiger partial charge in [0.15, 0.2) is 0 Å². The lowest BCUT2D eigenvalue weighted by molar-refractivity contribution is 0.0614. The Morgan fingerprint density at radius 1 is 1.28 bits per heavy atom. The van der Waals surface area contributed by atoms with Crippen molar-refractivity contribution in [3.05, 3.63) is 47.8 Å². The van der Waals surface area contributed by atoms with Gasteiger partial charge >= 0.3 is 6.03 Å². The fraction of sp³-hybridized carbons (Fsp3) is 0.389. The van der Waals surface area contributed by atoms with Gasteiger partial charge in [-0.1, -0.05) is 18.2 Å². The lowest BCUT2D eigenvalue weighted by Gasteiger charge is -2.35. The van der Waals surface area contributed by atoms with Crippen LogP contribution >= 0.6 is 0 Å². The van der Waals surface area contributed by atoms with E-state index in [1.165, 1.54) is 0 Å². The van der Waals surface area contributed by atoms with Crippen molar-refractivity contribution in [1.82, 2.24) is 20.4 Å². The highest BCUT2D eigenvalue weighted by molar-refractivity contribution is 5.95. The molecule has 1 aromatic heterocycles. The second-order valence-corrected chi connectivity index (χ2v) is 6.26. The molecule has 2 aromatic rings. The number of aromatic nitrogens is 2. The third-order valence-electron chi connectivity index (χ3n) is 4.48. The minimum absolute atomic E-state index is 0.00271. The Bertz CT molecular complexity index is 728. The lowest BCUT2D eigenvalue weighted by Crippen LogP contribution is -2.50. The third kappa shape index (κ3) is 4.17. The molecule has 3 rings (SSSR count). The van der Waals surface area contributed by atoms with Gasteiger partial charge in [-0.05, 0) is 38.3 Å². The fourth-order valence-electron chi connectivity index (χ4n) is 3.11. The molecule has 0 saturated carbocycles. The predicted molar refractivity (Wildman–Crippen MR) is 95.5 cm³/mol. The number of anilines is 1. The van der Waals surface area contributed by atoms with Gasteiger partial charge in [0, 0.05) is 30.5 Å². The van der Waals surface area contributed by atoms with E-state index in [-0.39, 0.29) is 18.0 Å². The average Bonchev–Trinajstić information content (AvgIpc) is 3.06. The zero-order valence-corrected chi connectivity index (χ0v) is 14.3. The smallest absolute Gasteiger partial charge is 0.319 e. The van der Waals surface area contributed by atoms with Crippen LogP contribution in [0.3, 0.4) is 0 Å². The summed E-state index contributed by atoms with van der Waals surface area (Å²) in [5, 5.41) is 12.4. The van der Waals surface area contributed by atoms with Gasteiger partial charge in [0.2, 0.25) is 0 Å². The summed E-state index contributed by atoms with van der Waals surface area (Å²) in [5.74, 6) is -0.0267. The van der Waals surface area contributed by atoms with Crippen LogP contribution in [0.4, 0.5) is 10.5 Å². The van der Waals surface area contributed by atoms with E-state index < -0.39 is 0 Å². The number of benzene rings is 1. The summed E-state index contributed by atoms with van der Waals surface area (Å²) in [6.07, 6.45) is 4.49. The van der Waals surface area contributed by atoms with E-state index in [0.29, 0.717) is 18.7 Å². The first-order valence-electron chi connectivity index (χ1n) is 8.56. The first-order chi connectivity index (χ1) is 12.1. The average molecular weight is 341 g/mol. The zero-order chi connectivity index (χ0) is 17.6. The monoisotopic (exact) mass is 341 g/mol. The maximum atomic E-state index is 12.8. The van der Waals surface area contributed by atoms with Crippen molar-refractivity contribution in [2.24, 2.45) is 0 Å². The highest BCUT2D eigenvalue weighted by Gasteiger charge is 2.29. The van der Waals surface area contributed by atoms with Crippen LogP contribution in [0.15, 0.2) is 36.5 Å². The Kier molecular flexibility index (Phi) is 5.33. The summed E-state index contributed by atoms with van der Waals surface area (Å²) in [7, 11) is 0. The van der Waals surface area contributed by atoms with Crippen molar-refractivity contribution >= 4 is 17.6 Å². The zero-order valence-electron chi connectivity index (χ0n) is 14.3. The minimum Gasteiger partial charge on any atom is -0.336 e.